The lowest BCUT2D eigenvalue weighted by Crippen LogP contribution is -2.44. The topological polar surface area (TPSA) is 40.5 Å². The van der Waals surface area contributed by atoms with Crippen molar-refractivity contribution in [3.8, 4) is 0 Å². The van der Waals surface area contributed by atoms with E-state index in [2.05, 4.69) is 0 Å². The summed E-state index contributed by atoms with van der Waals surface area (Å²) in [6.45, 7) is -0.0495. The second kappa shape index (κ2) is 6.39. The summed E-state index contributed by atoms with van der Waals surface area (Å²) in [5, 5.41) is 10.0. The minimum Gasteiger partial charge on any atom is -0.396 e. The van der Waals surface area contributed by atoms with Gasteiger partial charge in [-0.2, -0.15) is 13.2 Å². The summed E-state index contributed by atoms with van der Waals surface area (Å²) in [5.41, 5.74) is 0.653. The molecule has 24 heavy (non-hydrogen) atoms. The van der Waals surface area contributed by atoms with Gasteiger partial charge in [0, 0.05) is 23.9 Å². The van der Waals surface area contributed by atoms with E-state index in [0.29, 0.717) is 12.8 Å². The smallest absolute Gasteiger partial charge is 0.389 e. The summed E-state index contributed by atoms with van der Waals surface area (Å²) in [5.74, 6) is -0.428. The van der Waals surface area contributed by atoms with Crippen molar-refractivity contribution in [1.82, 2.24) is 4.90 Å². The molecule has 2 aliphatic rings. The molecule has 1 aromatic carbocycles. The van der Waals surface area contributed by atoms with Gasteiger partial charge in [0.2, 0.25) is 5.91 Å². The monoisotopic (exact) mass is 341 g/mol. The highest BCUT2D eigenvalue weighted by molar-refractivity contribution is 5.78. The molecule has 2 saturated heterocycles. The number of hydrogen-bond donors (Lipinski definition) is 1. The first-order valence-electron chi connectivity index (χ1n) is 8.37. The number of aliphatic hydroxyl groups is 1. The maximum atomic E-state index is 12.4. The third-order valence-corrected chi connectivity index (χ3v) is 5.48. The fourth-order valence-electron chi connectivity index (χ4n) is 4.46. The minimum absolute atomic E-state index is 0.0356. The summed E-state index contributed by atoms with van der Waals surface area (Å²) < 4.78 is 37.2. The third-order valence-electron chi connectivity index (χ3n) is 5.48. The van der Waals surface area contributed by atoms with E-state index in [0.717, 1.165) is 18.4 Å². The Bertz CT molecular complexity index is 590. The Hall–Kier alpha value is -1.56. The van der Waals surface area contributed by atoms with Crippen LogP contribution in [0.1, 0.15) is 37.7 Å². The van der Waals surface area contributed by atoms with Crippen molar-refractivity contribution >= 4 is 5.91 Å². The van der Waals surface area contributed by atoms with Gasteiger partial charge in [0.15, 0.2) is 0 Å². The molecule has 0 saturated carbocycles. The van der Waals surface area contributed by atoms with Crippen molar-refractivity contribution in [2.24, 2.45) is 5.41 Å². The van der Waals surface area contributed by atoms with Gasteiger partial charge < -0.3 is 10.0 Å². The van der Waals surface area contributed by atoms with Crippen LogP contribution < -0.4 is 0 Å². The zero-order valence-corrected chi connectivity index (χ0v) is 13.4. The predicted molar refractivity (Wildman–Crippen MR) is 83.2 cm³/mol. The van der Waals surface area contributed by atoms with Crippen LogP contribution in [0.4, 0.5) is 13.2 Å². The van der Waals surface area contributed by atoms with E-state index in [4.69, 9.17) is 0 Å². The lowest BCUT2D eigenvalue weighted by molar-refractivity contribution is -0.150. The number of carbonyl (C=O) groups is 1. The number of fused-ring (bicyclic) bond motifs is 2. The van der Waals surface area contributed by atoms with E-state index >= 15 is 0 Å². The number of alkyl halides is 3. The largest absolute Gasteiger partial charge is 0.396 e. The first-order valence-corrected chi connectivity index (χ1v) is 8.37. The number of amides is 1. The number of hydrogen-bond acceptors (Lipinski definition) is 2. The summed E-state index contributed by atoms with van der Waals surface area (Å²) >= 11 is 0. The van der Waals surface area contributed by atoms with Gasteiger partial charge >= 0.3 is 6.18 Å². The summed E-state index contributed by atoms with van der Waals surface area (Å²) in [6.07, 6.45) is -2.99. The molecular formula is C18H22F3NO2. The SMILES string of the molecule is O=C(CCC(F)(F)F)N1[C@H]2CC[C@@H]1[C@@](CO)(Cc1ccccc1)C2. The standard InChI is InChI=1S/C18H22F3NO2/c19-18(20,21)9-8-16(24)22-14-6-7-15(22)17(11-14,12-23)10-13-4-2-1-3-5-13/h1-5,14-15,23H,6-12H2/t14-,15+,17-/m0/s1. The molecule has 132 valence electrons. The van der Waals surface area contributed by atoms with E-state index in [1.54, 1.807) is 4.90 Å². The lowest BCUT2D eigenvalue weighted by Gasteiger charge is -2.36. The fraction of sp³-hybridized carbons (Fsp3) is 0.611. The van der Waals surface area contributed by atoms with Crippen LogP contribution in [0.5, 0.6) is 0 Å². The molecule has 0 spiro atoms. The average molecular weight is 341 g/mol. The number of rotatable bonds is 5. The minimum atomic E-state index is -4.31. The van der Waals surface area contributed by atoms with Crippen molar-refractivity contribution in [3.63, 3.8) is 0 Å². The quantitative estimate of drug-likeness (QED) is 0.893. The highest BCUT2D eigenvalue weighted by Gasteiger charge is 2.56. The highest BCUT2D eigenvalue weighted by Crippen LogP contribution is 2.51. The van der Waals surface area contributed by atoms with Crippen molar-refractivity contribution in [2.45, 2.75) is 56.8 Å². The number of nitrogens with zero attached hydrogens (tertiary/aromatic N) is 1. The number of carbonyl (C=O) groups excluding carboxylic acids is 1. The van der Waals surface area contributed by atoms with Gasteiger partial charge in [0.05, 0.1) is 13.0 Å². The molecule has 6 heteroatoms. The lowest BCUT2D eigenvalue weighted by atomic mass is 9.70. The number of aliphatic hydroxyl groups excluding tert-OH is 1. The molecule has 3 rings (SSSR count). The molecule has 2 aliphatic heterocycles. The van der Waals surface area contributed by atoms with Crippen molar-refractivity contribution in [3.05, 3.63) is 35.9 Å². The first-order chi connectivity index (χ1) is 11.3. The van der Waals surface area contributed by atoms with E-state index in [9.17, 15) is 23.1 Å². The Balaban J connectivity index is 1.74. The normalized spacial score (nSPS) is 29.2. The zero-order valence-electron chi connectivity index (χ0n) is 13.4. The van der Waals surface area contributed by atoms with Gasteiger partial charge in [0.1, 0.15) is 0 Å². The van der Waals surface area contributed by atoms with Crippen LogP contribution in [0.3, 0.4) is 0 Å². The van der Waals surface area contributed by atoms with E-state index in [-0.39, 0.29) is 18.7 Å². The van der Waals surface area contributed by atoms with Gasteiger partial charge in [-0.3, -0.25) is 4.79 Å². The number of halogens is 3. The molecule has 0 radical (unpaired) electrons. The molecule has 2 heterocycles. The van der Waals surface area contributed by atoms with E-state index in [1.165, 1.54) is 0 Å². The molecule has 1 aromatic rings. The maximum absolute atomic E-state index is 12.4. The second-order valence-electron chi connectivity index (χ2n) is 7.05. The molecule has 0 aromatic heterocycles. The van der Waals surface area contributed by atoms with E-state index < -0.39 is 30.3 Å². The fourth-order valence-corrected chi connectivity index (χ4v) is 4.46. The Labute approximate surface area is 139 Å². The van der Waals surface area contributed by atoms with Gasteiger partial charge in [-0.25, -0.2) is 0 Å². The van der Waals surface area contributed by atoms with Crippen LogP contribution in [0.2, 0.25) is 0 Å². The van der Waals surface area contributed by atoms with Crippen molar-refractivity contribution in [2.75, 3.05) is 6.61 Å². The summed E-state index contributed by atoms with van der Waals surface area (Å²) in [4.78, 5) is 14.0. The highest BCUT2D eigenvalue weighted by atomic mass is 19.4. The Morgan fingerprint density at radius 1 is 1.25 bits per heavy atom. The van der Waals surface area contributed by atoms with Crippen LogP contribution >= 0.6 is 0 Å². The number of benzene rings is 1. The molecule has 2 bridgehead atoms. The summed E-state index contributed by atoms with van der Waals surface area (Å²) in [7, 11) is 0. The van der Waals surface area contributed by atoms with Crippen LogP contribution in [0, 0.1) is 5.41 Å². The Morgan fingerprint density at radius 3 is 2.58 bits per heavy atom. The van der Waals surface area contributed by atoms with E-state index in [1.807, 2.05) is 30.3 Å². The van der Waals surface area contributed by atoms with Crippen molar-refractivity contribution in [1.29, 1.82) is 0 Å². The van der Waals surface area contributed by atoms with Crippen LogP contribution in [-0.4, -0.2) is 40.8 Å². The zero-order chi connectivity index (χ0) is 17.4. The molecule has 0 aliphatic carbocycles. The van der Waals surface area contributed by atoms with Crippen LogP contribution in [-0.2, 0) is 11.2 Å². The van der Waals surface area contributed by atoms with Gasteiger partial charge in [-0.05, 0) is 31.2 Å². The molecule has 1 N–H and O–H groups in total. The molecule has 0 unspecified atom stereocenters. The molecule has 2 fully saturated rings. The molecular weight excluding hydrogens is 319 g/mol. The Kier molecular flexibility index (Phi) is 4.60. The molecule has 1 amide bonds. The average Bonchev–Trinajstić information content (AvgIpc) is 3.09. The Morgan fingerprint density at radius 2 is 1.96 bits per heavy atom. The second-order valence-corrected chi connectivity index (χ2v) is 7.05. The van der Waals surface area contributed by atoms with Gasteiger partial charge in [0.25, 0.3) is 0 Å². The third kappa shape index (κ3) is 3.29. The van der Waals surface area contributed by atoms with Crippen LogP contribution in [0.25, 0.3) is 0 Å². The van der Waals surface area contributed by atoms with Crippen LogP contribution in [0.15, 0.2) is 30.3 Å². The van der Waals surface area contributed by atoms with Gasteiger partial charge in [-0.15, -0.1) is 0 Å². The van der Waals surface area contributed by atoms with Gasteiger partial charge in [-0.1, -0.05) is 30.3 Å². The maximum Gasteiger partial charge on any atom is 0.389 e. The van der Waals surface area contributed by atoms with Crippen molar-refractivity contribution < 1.29 is 23.1 Å². The molecule has 3 atom stereocenters. The summed E-state index contributed by atoms with van der Waals surface area (Å²) in [6, 6.07) is 9.56. The molecule has 3 nitrogen and oxygen atoms in total. The predicted octanol–water partition coefficient (Wildman–Crippen LogP) is 3.31. The first kappa shape index (κ1) is 17.3.